The molecule has 0 spiro atoms. The topological polar surface area (TPSA) is 66.5 Å². The van der Waals surface area contributed by atoms with Gasteiger partial charge in [0.15, 0.2) is 0 Å². The van der Waals surface area contributed by atoms with Crippen molar-refractivity contribution in [2.24, 2.45) is 0 Å². The number of hydrogen-bond acceptors (Lipinski definition) is 4. The fraction of sp³-hybridized carbons (Fsp3) is 0.444. The Labute approximate surface area is 113 Å². The monoisotopic (exact) mass is 340 g/mol. The molecule has 1 N–H and O–H groups in total. The maximum absolute atomic E-state index is 11.8. The Balaban J connectivity index is 2.55. The summed E-state index contributed by atoms with van der Waals surface area (Å²) in [5, 5.41) is 0. The number of rotatable bonds is 5. The lowest BCUT2D eigenvalue weighted by Crippen LogP contribution is -2.29. The largest absolute Gasteiger partial charge is 0.349 e. The Morgan fingerprint density at radius 1 is 1.47 bits per heavy atom. The van der Waals surface area contributed by atoms with Crippen molar-refractivity contribution < 1.29 is 13.2 Å². The van der Waals surface area contributed by atoms with Gasteiger partial charge in [-0.25, -0.2) is 13.1 Å². The molecule has 0 saturated carbocycles. The van der Waals surface area contributed by atoms with E-state index in [9.17, 15) is 13.2 Å². The van der Waals surface area contributed by atoms with E-state index in [0.717, 1.165) is 15.1 Å². The van der Waals surface area contributed by atoms with E-state index in [2.05, 4.69) is 20.7 Å². The third-order valence-electron chi connectivity index (χ3n) is 1.94. The zero-order chi connectivity index (χ0) is 13.1. The van der Waals surface area contributed by atoms with Crippen molar-refractivity contribution in [1.29, 1.82) is 0 Å². The van der Waals surface area contributed by atoms with Gasteiger partial charge in [0, 0.05) is 27.1 Å². The highest BCUT2D eigenvalue weighted by atomic mass is 79.9. The smallest absolute Gasteiger partial charge is 0.250 e. The van der Waals surface area contributed by atoms with Gasteiger partial charge < -0.3 is 4.90 Å². The van der Waals surface area contributed by atoms with Crippen LogP contribution in [-0.4, -0.2) is 39.9 Å². The van der Waals surface area contributed by atoms with Crippen LogP contribution in [0.2, 0.25) is 0 Å². The van der Waals surface area contributed by atoms with E-state index in [1.807, 2.05) is 0 Å². The molecule has 8 heteroatoms. The predicted molar refractivity (Wildman–Crippen MR) is 70.5 cm³/mol. The summed E-state index contributed by atoms with van der Waals surface area (Å²) in [6.45, 7) is 0.106. The molecule has 1 heterocycles. The van der Waals surface area contributed by atoms with Gasteiger partial charge in [0.25, 0.3) is 0 Å². The number of carbonyl (C=O) groups excluding carboxylic acids is 1. The van der Waals surface area contributed by atoms with Crippen LogP contribution in [0.25, 0.3) is 0 Å². The summed E-state index contributed by atoms with van der Waals surface area (Å²) < 4.78 is 26.9. The predicted octanol–water partition coefficient (Wildman–Crippen LogP) is 1.27. The van der Waals surface area contributed by atoms with E-state index in [1.54, 1.807) is 20.2 Å². The highest BCUT2D eigenvalue weighted by Crippen LogP contribution is 2.25. The number of nitrogens with zero attached hydrogens (tertiary/aromatic N) is 1. The summed E-state index contributed by atoms with van der Waals surface area (Å²) in [5.74, 6) is -0.111. The number of carbonyl (C=O) groups is 1. The first-order valence-corrected chi connectivity index (χ1v) is 7.87. The molecule has 0 radical (unpaired) electrons. The molecule has 96 valence electrons. The van der Waals surface area contributed by atoms with Gasteiger partial charge in [-0.3, -0.25) is 4.79 Å². The number of sulfonamides is 1. The molecule has 0 aromatic carbocycles. The highest BCUT2D eigenvalue weighted by Gasteiger charge is 2.16. The van der Waals surface area contributed by atoms with E-state index in [-0.39, 0.29) is 23.1 Å². The quantitative estimate of drug-likeness (QED) is 0.877. The van der Waals surface area contributed by atoms with Gasteiger partial charge in [-0.1, -0.05) is 0 Å². The standard InChI is InChI=1S/C9H13BrN2O3S2/c1-12(2)8(13)5-6-11-17(14,15)9-4-3-7(10)16-9/h3-4,11H,5-6H2,1-2H3. The van der Waals surface area contributed by atoms with Crippen LogP contribution in [0, 0.1) is 0 Å². The van der Waals surface area contributed by atoms with Gasteiger partial charge in [0.05, 0.1) is 3.79 Å². The molecule has 0 saturated heterocycles. The number of thiophene rings is 1. The lowest BCUT2D eigenvalue weighted by molar-refractivity contribution is -0.128. The first-order valence-electron chi connectivity index (χ1n) is 4.78. The van der Waals surface area contributed by atoms with Crippen LogP contribution in [0.1, 0.15) is 6.42 Å². The van der Waals surface area contributed by atoms with Crippen molar-refractivity contribution in [1.82, 2.24) is 9.62 Å². The summed E-state index contributed by atoms with van der Waals surface area (Å²) in [6, 6.07) is 3.19. The molecule has 1 aromatic rings. The van der Waals surface area contributed by atoms with E-state index < -0.39 is 10.0 Å². The number of amides is 1. The maximum Gasteiger partial charge on any atom is 0.250 e. The average Bonchev–Trinajstić information content (AvgIpc) is 2.65. The van der Waals surface area contributed by atoms with Crippen molar-refractivity contribution in [3.63, 3.8) is 0 Å². The zero-order valence-corrected chi connectivity index (χ0v) is 12.7. The summed E-state index contributed by atoms with van der Waals surface area (Å²) >= 11 is 4.33. The average molecular weight is 341 g/mol. The molecule has 17 heavy (non-hydrogen) atoms. The van der Waals surface area contributed by atoms with Gasteiger partial charge in [-0.05, 0) is 28.1 Å². The van der Waals surface area contributed by atoms with Crippen LogP contribution in [0.15, 0.2) is 20.1 Å². The van der Waals surface area contributed by atoms with Gasteiger partial charge in [-0.2, -0.15) is 0 Å². The molecule has 0 fully saturated rings. The Morgan fingerprint density at radius 2 is 2.12 bits per heavy atom. The van der Waals surface area contributed by atoms with E-state index in [1.165, 1.54) is 11.0 Å². The van der Waals surface area contributed by atoms with Crippen LogP contribution in [0.3, 0.4) is 0 Å². The molecule has 0 aliphatic rings. The first-order chi connectivity index (χ1) is 7.83. The second-order valence-electron chi connectivity index (χ2n) is 3.49. The second kappa shape index (κ2) is 5.94. The van der Waals surface area contributed by atoms with Crippen molar-refractivity contribution in [3.05, 3.63) is 15.9 Å². The molecule has 0 bridgehead atoms. The maximum atomic E-state index is 11.8. The molecule has 1 rings (SSSR count). The highest BCUT2D eigenvalue weighted by molar-refractivity contribution is 9.11. The van der Waals surface area contributed by atoms with Gasteiger partial charge >= 0.3 is 0 Å². The lowest BCUT2D eigenvalue weighted by Gasteiger charge is -2.10. The van der Waals surface area contributed by atoms with Crippen LogP contribution >= 0.6 is 27.3 Å². The van der Waals surface area contributed by atoms with Crippen molar-refractivity contribution >= 4 is 43.2 Å². The van der Waals surface area contributed by atoms with Gasteiger partial charge in [0.1, 0.15) is 4.21 Å². The number of hydrogen-bond donors (Lipinski definition) is 1. The summed E-state index contributed by atoms with van der Waals surface area (Å²) in [5.41, 5.74) is 0. The van der Waals surface area contributed by atoms with Crippen molar-refractivity contribution in [2.75, 3.05) is 20.6 Å². The third-order valence-corrected chi connectivity index (χ3v) is 5.52. The fourth-order valence-electron chi connectivity index (χ4n) is 1.03. The summed E-state index contributed by atoms with van der Waals surface area (Å²) in [6.07, 6.45) is 0.152. The van der Waals surface area contributed by atoms with Gasteiger partial charge in [0.2, 0.25) is 15.9 Å². The van der Waals surface area contributed by atoms with Crippen molar-refractivity contribution in [3.8, 4) is 0 Å². The molecule has 0 aliphatic heterocycles. The zero-order valence-electron chi connectivity index (χ0n) is 9.44. The molecule has 1 amide bonds. The Kier molecular flexibility index (Phi) is 5.11. The number of halogens is 1. The molecule has 5 nitrogen and oxygen atoms in total. The summed E-state index contributed by atoms with van der Waals surface area (Å²) in [4.78, 5) is 12.7. The van der Waals surface area contributed by atoms with Crippen LogP contribution in [-0.2, 0) is 14.8 Å². The minimum Gasteiger partial charge on any atom is -0.349 e. The molecule has 0 aliphatic carbocycles. The molecule has 0 unspecified atom stereocenters. The second-order valence-corrected chi connectivity index (χ2v) is 7.95. The molecule has 0 atom stereocenters. The normalized spacial score (nSPS) is 11.5. The molecular weight excluding hydrogens is 328 g/mol. The van der Waals surface area contributed by atoms with E-state index in [0.29, 0.717) is 0 Å². The van der Waals surface area contributed by atoms with E-state index in [4.69, 9.17) is 0 Å². The molecule has 1 aromatic heterocycles. The van der Waals surface area contributed by atoms with E-state index >= 15 is 0 Å². The van der Waals surface area contributed by atoms with Crippen LogP contribution in [0.4, 0.5) is 0 Å². The lowest BCUT2D eigenvalue weighted by atomic mass is 10.4. The Hall–Kier alpha value is -0.440. The van der Waals surface area contributed by atoms with Crippen molar-refractivity contribution in [2.45, 2.75) is 10.6 Å². The fourth-order valence-corrected chi connectivity index (χ4v) is 4.12. The summed E-state index contributed by atoms with van der Waals surface area (Å²) in [7, 11) is -0.229. The molecular formula is C9H13BrN2O3S2. The Bertz CT molecular complexity index is 496. The van der Waals surface area contributed by atoms with Gasteiger partial charge in [-0.15, -0.1) is 11.3 Å². The van der Waals surface area contributed by atoms with Crippen LogP contribution in [0.5, 0.6) is 0 Å². The Morgan fingerprint density at radius 3 is 2.59 bits per heavy atom. The minimum absolute atomic E-state index is 0.106. The van der Waals surface area contributed by atoms with Crippen LogP contribution < -0.4 is 4.72 Å². The number of nitrogens with one attached hydrogen (secondary N) is 1. The minimum atomic E-state index is -3.49. The first kappa shape index (κ1) is 14.6. The third kappa shape index (κ3) is 4.38. The SMILES string of the molecule is CN(C)C(=O)CCNS(=O)(=O)c1ccc(Br)s1.